The molecule has 0 aliphatic heterocycles. The van der Waals surface area contributed by atoms with E-state index in [9.17, 15) is 14.9 Å². The van der Waals surface area contributed by atoms with E-state index in [2.05, 4.69) is 5.32 Å². The van der Waals surface area contributed by atoms with E-state index in [1.165, 1.54) is 33.9 Å². The molecule has 1 N–H and O–H groups in total. The molecule has 0 saturated carbocycles. The minimum Gasteiger partial charge on any atom is -0.321 e. The van der Waals surface area contributed by atoms with Gasteiger partial charge in [-0.05, 0) is 37.0 Å². The van der Waals surface area contributed by atoms with Gasteiger partial charge < -0.3 is 5.32 Å². The number of fused-ring (bicyclic) bond motifs is 1. The number of carbonyl (C=O) groups excluding carboxylic acids is 1. The second-order valence-corrected chi connectivity index (χ2v) is 5.81. The van der Waals surface area contributed by atoms with Gasteiger partial charge in [0.05, 0.1) is 9.80 Å². The molecule has 1 aliphatic carbocycles. The summed E-state index contributed by atoms with van der Waals surface area (Å²) >= 11 is 1.51. The van der Waals surface area contributed by atoms with E-state index in [4.69, 9.17) is 0 Å². The fourth-order valence-electron chi connectivity index (χ4n) is 2.33. The third-order valence-electron chi connectivity index (χ3n) is 3.29. The maximum absolute atomic E-state index is 12.1. The number of nitrogens with one attached hydrogen (secondary N) is 1. The molecule has 0 unspecified atom stereocenters. The van der Waals surface area contributed by atoms with E-state index in [1.54, 1.807) is 12.1 Å². The maximum atomic E-state index is 12.1. The van der Waals surface area contributed by atoms with Crippen molar-refractivity contribution >= 4 is 28.6 Å². The lowest BCUT2D eigenvalue weighted by Gasteiger charge is -2.03. The van der Waals surface area contributed by atoms with E-state index >= 15 is 0 Å². The van der Waals surface area contributed by atoms with Gasteiger partial charge in [0, 0.05) is 22.7 Å². The highest BCUT2D eigenvalue weighted by Crippen LogP contribution is 2.31. The molecule has 1 heterocycles. The van der Waals surface area contributed by atoms with Crippen LogP contribution in [0.3, 0.4) is 0 Å². The van der Waals surface area contributed by atoms with Crippen LogP contribution in [0.25, 0.3) is 0 Å². The normalized spacial score (nSPS) is 13.0. The standard InChI is InChI=1S/C14H12N2O3S/c17-14(13-7-9-3-1-6-12(9)20-13)15-10-4-2-5-11(8-10)16(18)19/h2,4-5,7-8H,1,3,6H2,(H,15,17). The zero-order valence-electron chi connectivity index (χ0n) is 10.6. The number of nitro benzene ring substituents is 1. The first-order chi connectivity index (χ1) is 9.63. The maximum Gasteiger partial charge on any atom is 0.271 e. The number of non-ortho nitro benzene ring substituents is 1. The summed E-state index contributed by atoms with van der Waals surface area (Å²) in [4.78, 5) is 24.3. The number of nitro groups is 1. The van der Waals surface area contributed by atoms with Gasteiger partial charge in [-0.15, -0.1) is 11.3 Å². The van der Waals surface area contributed by atoms with Crippen LogP contribution in [0.2, 0.25) is 0 Å². The van der Waals surface area contributed by atoms with Crippen LogP contribution in [0, 0.1) is 10.1 Å². The number of carbonyl (C=O) groups is 1. The van der Waals surface area contributed by atoms with Crippen LogP contribution in [0.5, 0.6) is 0 Å². The highest BCUT2D eigenvalue weighted by molar-refractivity contribution is 7.14. The van der Waals surface area contributed by atoms with Gasteiger partial charge in [-0.2, -0.15) is 0 Å². The Labute approximate surface area is 119 Å². The summed E-state index contributed by atoms with van der Waals surface area (Å²) in [6, 6.07) is 7.89. The van der Waals surface area contributed by atoms with Crippen LogP contribution in [0.1, 0.15) is 26.5 Å². The average Bonchev–Trinajstić information content (AvgIpc) is 2.99. The van der Waals surface area contributed by atoms with Crippen molar-refractivity contribution in [3.63, 3.8) is 0 Å². The number of amides is 1. The van der Waals surface area contributed by atoms with Gasteiger partial charge in [0.1, 0.15) is 0 Å². The highest BCUT2D eigenvalue weighted by atomic mass is 32.1. The zero-order valence-corrected chi connectivity index (χ0v) is 11.4. The number of hydrogen-bond donors (Lipinski definition) is 1. The number of anilines is 1. The molecule has 0 fully saturated rings. The molecule has 1 amide bonds. The molecule has 0 spiro atoms. The van der Waals surface area contributed by atoms with E-state index in [0.29, 0.717) is 10.6 Å². The Hall–Kier alpha value is -2.21. The zero-order chi connectivity index (χ0) is 14.1. The Morgan fingerprint density at radius 3 is 2.90 bits per heavy atom. The highest BCUT2D eigenvalue weighted by Gasteiger charge is 2.18. The van der Waals surface area contributed by atoms with Crippen molar-refractivity contribution < 1.29 is 9.72 Å². The van der Waals surface area contributed by atoms with Crippen LogP contribution in [0.15, 0.2) is 30.3 Å². The van der Waals surface area contributed by atoms with Crippen LogP contribution < -0.4 is 5.32 Å². The van der Waals surface area contributed by atoms with Crippen molar-refractivity contribution in [1.82, 2.24) is 0 Å². The van der Waals surface area contributed by atoms with Crippen LogP contribution in [-0.2, 0) is 12.8 Å². The molecule has 20 heavy (non-hydrogen) atoms. The van der Waals surface area contributed by atoms with E-state index in [0.717, 1.165) is 19.3 Å². The fraction of sp³-hybridized carbons (Fsp3) is 0.214. The third kappa shape index (κ3) is 2.42. The monoisotopic (exact) mass is 288 g/mol. The first-order valence-corrected chi connectivity index (χ1v) is 7.12. The molecule has 1 aromatic carbocycles. The molecule has 2 aromatic rings. The summed E-state index contributed by atoms with van der Waals surface area (Å²) in [5, 5.41) is 13.4. The molecule has 5 nitrogen and oxygen atoms in total. The summed E-state index contributed by atoms with van der Waals surface area (Å²) in [5.74, 6) is -0.204. The largest absolute Gasteiger partial charge is 0.321 e. The fourth-order valence-corrected chi connectivity index (χ4v) is 3.48. The average molecular weight is 288 g/mol. The van der Waals surface area contributed by atoms with Crippen molar-refractivity contribution in [2.45, 2.75) is 19.3 Å². The van der Waals surface area contributed by atoms with Crippen LogP contribution >= 0.6 is 11.3 Å². The Morgan fingerprint density at radius 2 is 2.15 bits per heavy atom. The second-order valence-electron chi connectivity index (χ2n) is 4.67. The second kappa shape index (κ2) is 5.05. The minimum absolute atomic E-state index is 0.0310. The number of benzene rings is 1. The van der Waals surface area contributed by atoms with Gasteiger partial charge in [0.15, 0.2) is 0 Å². The van der Waals surface area contributed by atoms with Crippen LogP contribution in [-0.4, -0.2) is 10.8 Å². The first-order valence-electron chi connectivity index (χ1n) is 6.31. The van der Waals surface area contributed by atoms with E-state index in [1.807, 2.05) is 6.07 Å². The van der Waals surface area contributed by atoms with Crippen molar-refractivity contribution in [1.29, 1.82) is 0 Å². The Kier molecular flexibility index (Phi) is 3.23. The molecular weight excluding hydrogens is 276 g/mol. The minimum atomic E-state index is -0.477. The van der Waals surface area contributed by atoms with Gasteiger partial charge in [-0.3, -0.25) is 14.9 Å². The van der Waals surface area contributed by atoms with Crippen molar-refractivity contribution in [3.8, 4) is 0 Å². The smallest absolute Gasteiger partial charge is 0.271 e. The molecule has 6 heteroatoms. The molecule has 0 saturated heterocycles. The predicted octanol–water partition coefficient (Wildman–Crippen LogP) is 3.40. The quantitative estimate of drug-likeness (QED) is 0.695. The molecule has 0 radical (unpaired) electrons. The van der Waals surface area contributed by atoms with Crippen LogP contribution in [0.4, 0.5) is 11.4 Å². The van der Waals surface area contributed by atoms with Crippen molar-refractivity contribution in [2.24, 2.45) is 0 Å². The molecule has 0 atom stereocenters. The number of thiophene rings is 1. The summed E-state index contributed by atoms with van der Waals surface area (Å²) in [7, 11) is 0. The van der Waals surface area contributed by atoms with Gasteiger partial charge in [-0.25, -0.2) is 0 Å². The predicted molar refractivity (Wildman–Crippen MR) is 77.4 cm³/mol. The van der Waals surface area contributed by atoms with Crippen molar-refractivity contribution in [2.75, 3.05) is 5.32 Å². The molecule has 3 rings (SSSR count). The summed E-state index contributed by atoms with van der Waals surface area (Å²) < 4.78 is 0. The number of rotatable bonds is 3. The Morgan fingerprint density at radius 1 is 1.30 bits per heavy atom. The Bertz CT molecular complexity index is 672. The lowest BCUT2D eigenvalue weighted by atomic mass is 10.2. The lowest BCUT2D eigenvalue weighted by Crippen LogP contribution is -2.10. The number of nitrogens with zero attached hydrogens (tertiary/aromatic N) is 1. The van der Waals surface area contributed by atoms with E-state index in [-0.39, 0.29) is 11.6 Å². The number of hydrogen-bond acceptors (Lipinski definition) is 4. The van der Waals surface area contributed by atoms with Crippen molar-refractivity contribution in [3.05, 3.63) is 55.8 Å². The molecular formula is C14H12N2O3S. The summed E-state index contributed by atoms with van der Waals surface area (Å²) in [6.07, 6.45) is 3.24. The SMILES string of the molecule is O=C(Nc1cccc([N+](=O)[O-])c1)c1cc2c(s1)CCC2. The summed E-state index contributed by atoms with van der Waals surface area (Å²) in [5.41, 5.74) is 1.67. The molecule has 0 bridgehead atoms. The lowest BCUT2D eigenvalue weighted by molar-refractivity contribution is -0.384. The van der Waals surface area contributed by atoms with Gasteiger partial charge in [0.2, 0.25) is 0 Å². The third-order valence-corrected chi connectivity index (χ3v) is 4.52. The van der Waals surface area contributed by atoms with Gasteiger partial charge >= 0.3 is 0 Å². The molecule has 1 aliphatic rings. The summed E-state index contributed by atoms with van der Waals surface area (Å²) in [6.45, 7) is 0. The molecule has 1 aromatic heterocycles. The van der Waals surface area contributed by atoms with Gasteiger partial charge in [0.25, 0.3) is 11.6 Å². The Balaban J connectivity index is 1.78. The van der Waals surface area contributed by atoms with Gasteiger partial charge in [-0.1, -0.05) is 6.07 Å². The molecule has 102 valence electrons. The topological polar surface area (TPSA) is 72.2 Å². The number of aryl methyl sites for hydroxylation is 2. The van der Waals surface area contributed by atoms with E-state index < -0.39 is 4.92 Å². The first kappa shape index (κ1) is 12.8.